The Labute approximate surface area is 114 Å². The summed E-state index contributed by atoms with van der Waals surface area (Å²) in [5, 5.41) is 5.33. The molecule has 0 spiro atoms. The summed E-state index contributed by atoms with van der Waals surface area (Å²) in [7, 11) is -3.87. The Bertz CT molecular complexity index is 517. The summed E-state index contributed by atoms with van der Waals surface area (Å²) in [6.07, 6.45) is 0. The first-order valence-electron chi connectivity index (χ1n) is 4.86. The molecule has 0 aromatic heterocycles. The average Bonchev–Trinajstić information content (AvgIpc) is 2.13. The SMILES string of the molecule is CC(C)COc1c(Cl)cc(Br)cc1S(N)(=O)=O. The molecule has 4 nitrogen and oxygen atoms in total. The summed E-state index contributed by atoms with van der Waals surface area (Å²) in [6.45, 7) is 4.26. The van der Waals surface area contributed by atoms with E-state index in [-0.39, 0.29) is 21.6 Å². The molecule has 0 atom stereocenters. The molecule has 0 fully saturated rings. The smallest absolute Gasteiger partial charge is 0.241 e. The highest BCUT2D eigenvalue weighted by Gasteiger charge is 2.19. The second-order valence-electron chi connectivity index (χ2n) is 3.96. The lowest BCUT2D eigenvalue weighted by molar-refractivity contribution is 0.265. The number of ether oxygens (including phenoxy) is 1. The van der Waals surface area contributed by atoms with Gasteiger partial charge in [-0.2, -0.15) is 0 Å². The van der Waals surface area contributed by atoms with Gasteiger partial charge >= 0.3 is 0 Å². The molecule has 0 aliphatic rings. The third kappa shape index (κ3) is 4.13. The number of nitrogens with two attached hydrogens (primary N) is 1. The highest BCUT2D eigenvalue weighted by atomic mass is 79.9. The number of hydrogen-bond donors (Lipinski definition) is 1. The van der Waals surface area contributed by atoms with Crippen LogP contribution in [0.4, 0.5) is 0 Å². The summed E-state index contributed by atoms with van der Waals surface area (Å²) in [4.78, 5) is -0.113. The molecule has 0 aliphatic heterocycles. The topological polar surface area (TPSA) is 69.4 Å². The first kappa shape index (κ1) is 14.8. The van der Waals surface area contributed by atoms with E-state index in [1.807, 2.05) is 13.8 Å². The molecule has 0 saturated heterocycles. The van der Waals surface area contributed by atoms with Gasteiger partial charge in [-0.3, -0.25) is 0 Å². The Morgan fingerprint density at radius 1 is 1.47 bits per heavy atom. The van der Waals surface area contributed by atoms with Gasteiger partial charge in [0.1, 0.15) is 4.90 Å². The Morgan fingerprint density at radius 3 is 2.53 bits per heavy atom. The predicted molar refractivity (Wildman–Crippen MR) is 70.9 cm³/mol. The van der Waals surface area contributed by atoms with E-state index in [2.05, 4.69) is 15.9 Å². The maximum atomic E-state index is 11.4. The fourth-order valence-corrected chi connectivity index (χ4v) is 2.93. The van der Waals surface area contributed by atoms with Gasteiger partial charge in [-0.15, -0.1) is 0 Å². The molecule has 17 heavy (non-hydrogen) atoms. The van der Waals surface area contributed by atoms with E-state index in [9.17, 15) is 8.42 Å². The van der Waals surface area contributed by atoms with Crippen molar-refractivity contribution in [3.05, 3.63) is 21.6 Å². The second-order valence-corrected chi connectivity index (χ2v) is 6.82. The second kappa shape index (κ2) is 5.56. The van der Waals surface area contributed by atoms with Gasteiger partial charge < -0.3 is 4.74 Å². The van der Waals surface area contributed by atoms with Crippen LogP contribution in [0.5, 0.6) is 5.75 Å². The van der Waals surface area contributed by atoms with Crippen LogP contribution >= 0.6 is 27.5 Å². The van der Waals surface area contributed by atoms with Crippen molar-refractivity contribution >= 4 is 37.6 Å². The van der Waals surface area contributed by atoms with Crippen LogP contribution < -0.4 is 9.88 Å². The van der Waals surface area contributed by atoms with Gasteiger partial charge in [0.2, 0.25) is 10.0 Å². The Kier molecular flexibility index (Phi) is 4.83. The van der Waals surface area contributed by atoms with Crippen LogP contribution in [0, 0.1) is 5.92 Å². The van der Waals surface area contributed by atoms with Crippen LogP contribution in [-0.2, 0) is 10.0 Å². The molecular weight excluding hydrogens is 330 g/mol. The van der Waals surface area contributed by atoms with Gasteiger partial charge in [0.05, 0.1) is 11.6 Å². The number of sulfonamides is 1. The molecule has 96 valence electrons. The van der Waals surface area contributed by atoms with E-state index < -0.39 is 10.0 Å². The lowest BCUT2D eigenvalue weighted by Crippen LogP contribution is -2.15. The molecule has 1 aromatic carbocycles. The van der Waals surface area contributed by atoms with Crippen LogP contribution in [0.25, 0.3) is 0 Å². The normalized spacial score (nSPS) is 11.9. The van der Waals surface area contributed by atoms with Gasteiger partial charge in [0, 0.05) is 4.47 Å². The molecule has 1 rings (SSSR count). The van der Waals surface area contributed by atoms with Crippen LogP contribution in [0.2, 0.25) is 5.02 Å². The first-order chi connectivity index (χ1) is 7.71. The first-order valence-corrected chi connectivity index (χ1v) is 7.58. The molecule has 0 radical (unpaired) electrons. The molecule has 0 heterocycles. The van der Waals surface area contributed by atoms with Gasteiger partial charge in [-0.05, 0) is 18.1 Å². The molecule has 0 bridgehead atoms. The molecule has 7 heteroatoms. The standard InChI is InChI=1S/C10H13BrClNO3S/c1-6(2)5-16-10-8(12)3-7(11)4-9(10)17(13,14)15/h3-4,6H,5H2,1-2H3,(H2,13,14,15). The number of rotatable bonds is 4. The van der Waals surface area contributed by atoms with Crippen molar-refractivity contribution in [1.82, 2.24) is 0 Å². The number of benzene rings is 1. The van der Waals surface area contributed by atoms with Crippen LogP contribution in [0.3, 0.4) is 0 Å². The van der Waals surface area contributed by atoms with E-state index in [1.165, 1.54) is 6.07 Å². The molecular formula is C10H13BrClNO3S. The van der Waals surface area contributed by atoms with Crippen molar-refractivity contribution in [1.29, 1.82) is 0 Å². The lowest BCUT2D eigenvalue weighted by atomic mass is 10.2. The van der Waals surface area contributed by atoms with Crippen molar-refractivity contribution in [2.75, 3.05) is 6.61 Å². The van der Waals surface area contributed by atoms with Crippen molar-refractivity contribution in [2.24, 2.45) is 11.1 Å². The molecule has 1 aromatic rings. The van der Waals surface area contributed by atoms with E-state index in [1.54, 1.807) is 6.07 Å². The van der Waals surface area contributed by atoms with Crippen molar-refractivity contribution in [3.8, 4) is 5.75 Å². The molecule has 0 amide bonds. The fourth-order valence-electron chi connectivity index (χ4n) is 1.14. The number of halogens is 2. The summed E-state index contributed by atoms with van der Waals surface area (Å²) < 4.78 is 28.8. The fraction of sp³-hybridized carbons (Fsp3) is 0.400. The summed E-state index contributed by atoms with van der Waals surface area (Å²) in [5.41, 5.74) is 0. The zero-order chi connectivity index (χ0) is 13.2. The molecule has 2 N–H and O–H groups in total. The van der Waals surface area contributed by atoms with Crippen LogP contribution in [0.1, 0.15) is 13.8 Å². The van der Waals surface area contributed by atoms with Crippen molar-refractivity contribution in [2.45, 2.75) is 18.7 Å². The van der Waals surface area contributed by atoms with Gasteiger partial charge in [-0.1, -0.05) is 41.4 Å². The monoisotopic (exact) mass is 341 g/mol. The molecule has 0 aliphatic carbocycles. The van der Waals surface area contributed by atoms with E-state index in [0.717, 1.165) is 0 Å². The summed E-state index contributed by atoms with van der Waals surface area (Å²) >= 11 is 9.11. The van der Waals surface area contributed by atoms with Gasteiger partial charge in [0.15, 0.2) is 5.75 Å². The van der Waals surface area contributed by atoms with Crippen LogP contribution in [-0.4, -0.2) is 15.0 Å². The summed E-state index contributed by atoms with van der Waals surface area (Å²) in [6, 6.07) is 2.93. The minimum Gasteiger partial charge on any atom is -0.490 e. The molecule has 0 unspecified atom stereocenters. The minimum absolute atomic E-state index is 0.103. The Hall–Kier alpha value is -0.300. The van der Waals surface area contributed by atoms with E-state index in [4.69, 9.17) is 21.5 Å². The average molecular weight is 343 g/mol. The maximum absolute atomic E-state index is 11.4. The quantitative estimate of drug-likeness (QED) is 0.914. The third-order valence-corrected chi connectivity index (χ3v) is 3.50. The number of hydrogen-bond acceptors (Lipinski definition) is 3. The number of primary sulfonamides is 1. The minimum atomic E-state index is -3.87. The zero-order valence-electron chi connectivity index (χ0n) is 9.41. The van der Waals surface area contributed by atoms with Gasteiger partial charge in [0.25, 0.3) is 0 Å². The third-order valence-electron chi connectivity index (χ3n) is 1.84. The van der Waals surface area contributed by atoms with E-state index >= 15 is 0 Å². The summed E-state index contributed by atoms with van der Waals surface area (Å²) in [5.74, 6) is 0.356. The van der Waals surface area contributed by atoms with E-state index in [0.29, 0.717) is 11.1 Å². The van der Waals surface area contributed by atoms with Crippen molar-refractivity contribution in [3.63, 3.8) is 0 Å². The van der Waals surface area contributed by atoms with Crippen LogP contribution in [0.15, 0.2) is 21.5 Å². The predicted octanol–water partition coefficient (Wildman–Crippen LogP) is 2.78. The lowest BCUT2D eigenvalue weighted by Gasteiger charge is -2.14. The largest absolute Gasteiger partial charge is 0.490 e. The highest BCUT2D eigenvalue weighted by molar-refractivity contribution is 9.10. The zero-order valence-corrected chi connectivity index (χ0v) is 12.6. The van der Waals surface area contributed by atoms with Gasteiger partial charge in [-0.25, -0.2) is 13.6 Å². The van der Waals surface area contributed by atoms with Crippen molar-refractivity contribution < 1.29 is 13.2 Å². The Balaban J connectivity index is 3.26. The highest BCUT2D eigenvalue weighted by Crippen LogP contribution is 2.35. The Morgan fingerprint density at radius 2 is 2.06 bits per heavy atom. The maximum Gasteiger partial charge on any atom is 0.241 e. The molecule has 0 saturated carbocycles.